The number of fused-ring (bicyclic) bond motifs is 1. The van der Waals surface area contributed by atoms with Gasteiger partial charge in [-0.2, -0.15) is 0 Å². The maximum Gasteiger partial charge on any atom is 0.262 e. The van der Waals surface area contributed by atoms with Crippen LogP contribution in [0.5, 0.6) is 0 Å². The maximum atomic E-state index is 12.7. The first kappa shape index (κ1) is 15.0. The van der Waals surface area contributed by atoms with Crippen LogP contribution in [-0.4, -0.2) is 13.4 Å². The van der Waals surface area contributed by atoms with Gasteiger partial charge in [0.25, 0.3) is 10.0 Å². The normalized spacial score (nSPS) is 11.5. The predicted octanol–water partition coefficient (Wildman–Crippen LogP) is 4.11. The molecule has 3 aromatic rings. The molecule has 0 aliphatic carbocycles. The first-order valence-electron chi connectivity index (χ1n) is 6.60. The molecule has 1 heterocycles. The van der Waals surface area contributed by atoms with Crippen LogP contribution in [0.25, 0.3) is 10.9 Å². The summed E-state index contributed by atoms with van der Waals surface area (Å²) in [6.07, 6.45) is 1.68. The average molecular weight is 377 g/mol. The van der Waals surface area contributed by atoms with E-state index in [0.717, 1.165) is 15.4 Å². The van der Waals surface area contributed by atoms with Crippen LogP contribution in [0.4, 0.5) is 5.69 Å². The monoisotopic (exact) mass is 376 g/mol. The molecule has 3 rings (SSSR count). The molecule has 0 bridgehead atoms. The van der Waals surface area contributed by atoms with E-state index in [-0.39, 0.29) is 4.90 Å². The summed E-state index contributed by atoms with van der Waals surface area (Å²) in [7, 11) is -3.67. The number of hydrogen-bond acceptors (Lipinski definition) is 3. The Bertz CT molecular complexity index is 950. The zero-order valence-electron chi connectivity index (χ0n) is 11.7. The molecular weight excluding hydrogens is 364 g/mol. The van der Waals surface area contributed by atoms with Crippen LogP contribution in [0.15, 0.2) is 64.1 Å². The van der Waals surface area contributed by atoms with Crippen molar-refractivity contribution in [2.45, 2.75) is 11.8 Å². The van der Waals surface area contributed by atoms with E-state index in [2.05, 4.69) is 25.6 Å². The average Bonchev–Trinajstić information content (AvgIpc) is 2.50. The van der Waals surface area contributed by atoms with Gasteiger partial charge in [0.15, 0.2) is 0 Å². The summed E-state index contributed by atoms with van der Waals surface area (Å²) in [5.74, 6) is 0. The van der Waals surface area contributed by atoms with Crippen LogP contribution in [0.2, 0.25) is 0 Å². The first-order chi connectivity index (χ1) is 10.5. The van der Waals surface area contributed by atoms with Crippen LogP contribution in [0.3, 0.4) is 0 Å². The number of nitrogens with zero attached hydrogens (tertiary/aromatic N) is 1. The molecule has 0 radical (unpaired) electrons. The quantitative estimate of drug-likeness (QED) is 0.748. The maximum absolute atomic E-state index is 12.7. The highest BCUT2D eigenvalue weighted by Gasteiger charge is 2.18. The van der Waals surface area contributed by atoms with Gasteiger partial charge in [-0.05, 0) is 48.9 Å². The number of aromatic nitrogens is 1. The van der Waals surface area contributed by atoms with E-state index < -0.39 is 10.0 Å². The Kier molecular flexibility index (Phi) is 3.88. The minimum Gasteiger partial charge on any atom is -0.279 e. The Morgan fingerprint density at radius 1 is 1.09 bits per heavy atom. The summed E-state index contributed by atoms with van der Waals surface area (Å²) >= 11 is 3.31. The molecule has 0 fully saturated rings. The third-order valence-corrected chi connectivity index (χ3v) is 5.33. The molecule has 22 heavy (non-hydrogen) atoms. The molecule has 0 saturated carbocycles. The van der Waals surface area contributed by atoms with Crippen molar-refractivity contribution >= 4 is 42.5 Å². The number of anilines is 1. The second-order valence-electron chi connectivity index (χ2n) is 4.89. The SMILES string of the molecule is Cc1ccc(Br)cc1S(=O)(=O)Nc1cccc2ncccc12. The smallest absolute Gasteiger partial charge is 0.262 e. The number of aryl methyl sites for hydroxylation is 1. The van der Waals surface area contributed by atoms with Crippen molar-refractivity contribution in [3.63, 3.8) is 0 Å². The second-order valence-corrected chi connectivity index (χ2v) is 7.46. The number of nitrogens with one attached hydrogen (secondary N) is 1. The highest BCUT2D eigenvalue weighted by Crippen LogP contribution is 2.26. The van der Waals surface area contributed by atoms with Gasteiger partial charge in [-0.25, -0.2) is 8.42 Å². The first-order valence-corrected chi connectivity index (χ1v) is 8.88. The van der Waals surface area contributed by atoms with Crippen LogP contribution in [0.1, 0.15) is 5.56 Å². The van der Waals surface area contributed by atoms with Crippen LogP contribution >= 0.6 is 15.9 Å². The topological polar surface area (TPSA) is 59.1 Å². The van der Waals surface area contributed by atoms with Gasteiger partial charge in [0.05, 0.1) is 16.1 Å². The third kappa shape index (κ3) is 2.84. The van der Waals surface area contributed by atoms with Crippen molar-refractivity contribution < 1.29 is 8.42 Å². The van der Waals surface area contributed by atoms with E-state index in [0.29, 0.717) is 11.3 Å². The summed E-state index contributed by atoms with van der Waals surface area (Å²) in [5, 5.41) is 0.765. The zero-order chi connectivity index (χ0) is 15.7. The van der Waals surface area contributed by atoms with Gasteiger partial charge >= 0.3 is 0 Å². The van der Waals surface area contributed by atoms with Crippen LogP contribution < -0.4 is 4.72 Å². The Morgan fingerprint density at radius 3 is 2.73 bits per heavy atom. The summed E-state index contributed by atoms with van der Waals surface area (Å²) in [4.78, 5) is 4.49. The van der Waals surface area contributed by atoms with Crippen molar-refractivity contribution in [1.82, 2.24) is 4.98 Å². The highest BCUT2D eigenvalue weighted by atomic mass is 79.9. The molecule has 0 aliphatic rings. The molecule has 0 spiro atoms. The van der Waals surface area contributed by atoms with E-state index in [1.165, 1.54) is 0 Å². The van der Waals surface area contributed by atoms with E-state index in [9.17, 15) is 8.42 Å². The van der Waals surface area contributed by atoms with Crippen molar-refractivity contribution in [3.05, 3.63) is 64.8 Å². The molecule has 0 atom stereocenters. The lowest BCUT2D eigenvalue weighted by molar-refractivity contribution is 0.600. The van der Waals surface area contributed by atoms with Gasteiger partial charge in [0, 0.05) is 16.1 Å². The summed E-state index contributed by atoms with van der Waals surface area (Å²) in [5.41, 5.74) is 1.95. The van der Waals surface area contributed by atoms with Gasteiger partial charge in [0.2, 0.25) is 0 Å². The molecule has 0 amide bonds. The molecule has 1 N–H and O–H groups in total. The number of pyridine rings is 1. The number of hydrogen-bond donors (Lipinski definition) is 1. The molecule has 0 unspecified atom stereocenters. The summed E-state index contributed by atoms with van der Waals surface area (Å²) in [6, 6.07) is 14.2. The van der Waals surface area contributed by atoms with Crippen molar-refractivity contribution in [2.24, 2.45) is 0 Å². The molecule has 0 aliphatic heterocycles. The predicted molar refractivity (Wildman–Crippen MR) is 91.4 cm³/mol. The Morgan fingerprint density at radius 2 is 1.91 bits per heavy atom. The highest BCUT2D eigenvalue weighted by molar-refractivity contribution is 9.10. The Balaban J connectivity index is 2.09. The minimum atomic E-state index is -3.67. The Labute approximate surface area is 137 Å². The van der Waals surface area contributed by atoms with Gasteiger partial charge in [0.1, 0.15) is 0 Å². The zero-order valence-corrected chi connectivity index (χ0v) is 14.1. The third-order valence-electron chi connectivity index (χ3n) is 3.33. The molecular formula is C16H13BrN2O2S. The van der Waals surface area contributed by atoms with Crippen molar-refractivity contribution in [1.29, 1.82) is 0 Å². The van der Waals surface area contributed by atoms with E-state index in [4.69, 9.17) is 0 Å². The number of rotatable bonds is 3. The number of sulfonamides is 1. The molecule has 112 valence electrons. The van der Waals surface area contributed by atoms with E-state index in [1.807, 2.05) is 18.2 Å². The lowest BCUT2D eigenvalue weighted by atomic mass is 10.2. The minimum absolute atomic E-state index is 0.253. The fraction of sp³-hybridized carbons (Fsp3) is 0.0625. The Hall–Kier alpha value is -1.92. The molecule has 6 heteroatoms. The fourth-order valence-electron chi connectivity index (χ4n) is 2.26. The lowest BCUT2D eigenvalue weighted by Gasteiger charge is -2.12. The van der Waals surface area contributed by atoms with E-state index >= 15 is 0 Å². The van der Waals surface area contributed by atoms with Gasteiger partial charge < -0.3 is 0 Å². The molecule has 1 aromatic heterocycles. The number of halogens is 1. The standard InChI is InChI=1S/C16H13BrN2O2S/c1-11-7-8-12(17)10-16(11)22(20,21)19-15-6-2-5-14-13(15)4-3-9-18-14/h2-10,19H,1H3. The summed E-state index contributed by atoms with van der Waals surface area (Å²) < 4.78 is 28.7. The van der Waals surface area contributed by atoms with Gasteiger partial charge in [-0.1, -0.05) is 28.1 Å². The van der Waals surface area contributed by atoms with E-state index in [1.54, 1.807) is 43.5 Å². The van der Waals surface area contributed by atoms with Gasteiger partial charge in [-0.3, -0.25) is 9.71 Å². The van der Waals surface area contributed by atoms with Crippen LogP contribution in [-0.2, 0) is 10.0 Å². The molecule has 0 saturated heterocycles. The molecule has 2 aromatic carbocycles. The second kappa shape index (κ2) is 5.70. The largest absolute Gasteiger partial charge is 0.279 e. The summed E-state index contributed by atoms with van der Waals surface area (Å²) in [6.45, 7) is 1.77. The molecule has 4 nitrogen and oxygen atoms in total. The van der Waals surface area contributed by atoms with Crippen molar-refractivity contribution in [2.75, 3.05) is 4.72 Å². The van der Waals surface area contributed by atoms with Crippen LogP contribution in [0, 0.1) is 6.92 Å². The number of benzene rings is 2. The lowest BCUT2D eigenvalue weighted by Crippen LogP contribution is -2.14. The fourth-order valence-corrected chi connectivity index (χ4v) is 4.12. The van der Waals surface area contributed by atoms with Crippen molar-refractivity contribution in [3.8, 4) is 0 Å². The van der Waals surface area contributed by atoms with Gasteiger partial charge in [-0.15, -0.1) is 0 Å².